The number of pyridine rings is 1. The number of sulfonamides is 1. The number of nitriles is 1. The van der Waals surface area contributed by atoms with Gasteiger partial charge in [-0.05, 0) is 66.6 Å². The number of nitrogens with zero attached hydrogens (tertiary/aromatic N) is 3. The Morgan fingerprint density at radius 3 is 2.60 bits per heavy atom. The average Bonchev–Trinajstić information content (AvgIpc) is 2.82. The van der Waals surface area contributed by atoms with Gasteiger partial charge in [0.15, 0.2) is 0 Å². The van der Waals surface area contributed by atoms with Gasteiger partial charge in [-0.3, -0.25) is 0 Å². The molecule has 1 aromatic heterocycles. The molecule has 0 radical (unpaired) electrons. The number of ether oxygens (including phenoxy) is 1. The summed E-state index contributed by atoms with van der Waals surface area (Å²) in [6.07, 6.45) is -1.42. The predicted octanol–water partition coefficient (Wildman–Crippen LogP) is 5.58. The predicted molar refractivity (Wildman–Crippen MR) is 133 cm³/mol. The van der Waals surface area contributed by atoms with E-state index in [-0.39, 0.29) is 21.2 Å². The first-order valence-corrected chi connectivity index (χ1v) is 13.2. The molecule has 0 atom stereocenters. The molecule has 182 valence electrons. The van der Waals surface area contributed by atoms with Crippen LogP contribution in [-0.2, 0) is 15.8 Å². The molecule has 7 nitrogen and oxygen atoms in total. The first-order chi connectivity index (χ1) is 16.6. The number of halogens is 3. The highest BCUT2D eigenvalue weighted by molar-refractivity contribution is 9.10. The molecule has 12 heteroatoms. The monoisotopic (exact) mass is 580 g/mol. The Bertz CT molecular complexity index is 1390. The van der Waals surface area contributed by atoms with Gasteiger partial charge < -0.3 is 4.74 Å². The van der Waals surface area contributed by atoms with Crippen molar-refractivity contribution < 1.29 is 21.9 Å². The number of aryl methyl sites for hydroxylation is 1. The highest BCUT2D eigenvalue weighted by Crippen LogP contribution is 2.32. The van der Waals surface area contributed by atoms with Crippen molar-refractivity contribution in [3.63, 3.8) is 0 Å². The van der Waals surface area contributed by atoms with Crippen molar-refractivity contribution in [3.05, 3.63) is 81.0 Å². The van der Waals surface area contributed by atoms with Crippen LogP contribution in [-0.4, -0.2) is 26.7 Å². The molecule has 1 heterocycles. The zero-order chi connectivity index (χ0) is 25.6. The van der Waals surface area contributed by atoms with Crippen molar-refractivity contribution in [2.24, 2.45) is 5.10 Å². The molecule has 0 amide bonds. The fourth-order valence-corrected chi connectivity index (χ4v) is 5.09. The van der Waals surface area contributed by atoms with Crippen molar-refractivity contribution in [2.45, 2.75) is 29.0 Å². The minimum absolute atomic E-state index is 0.0618. The number of hydrogen-bond donors (Lipinski definition) is 1. The van der Waals surface area contributed by atoms with Gasteiger partial charge in [-0.2, -0.15) is 18.8 Å². The van der Waals surface area contributed by atoms with Crippen molar-refractivity contribution in [3.8, 4) is 11.8 Å². The molecule has 3 aromatic rings. The lowest BCUT2D eigenvalue weighted by atomic mass is 10.1. The summed E-state index contributed by atoms with van der Waals surface area (Å²) in [5, 5.41) is 13.5. The Morgan fingerprint density at radius 1 is 1.26 bits per heavy atom. The van der Waals surface area contributed by atoms with Crippen molar-refractivity contribution in [2.75, 3.05) is 7.11 Å². The summed E-state index contributed by atoms with van der Waals surface area (Å²) in [4.78, 5) is 6.17. The summed E-state index contributed by atoms with van der Waals surface area (Å²) < 4.78 is 57.2. The van der Waals surface area contributed by atoms with Gasteiger partial charge in [-0.1, -0.05) is 15.9 Å². The van der Waals surface area contributed by atoms with E-state index >= 15 is 0 Å². The van der Waals surface area contributed by atoms with Gasteiger partial charge in [0.05, 0.1) is 23.8 Å². The normalized spacial score (nSPS) is 11.6. The van der Waals surface area contributed by atoms with Crippen LogP contribution < -0.4 is 9.57 Å². The number of thioether (sulfide) groups is 1. The summed E-state index contributed by atoms with van der Waals surface area (Å²) in [5.74, 6) is 0.800. The third-order valence-electron chi connectivity index (χ3n) is 4.72. The summed E-state index contributed by atoms with van der Waals surface area (Å²) in [6, 6.07) is 14.4. The van der Waals surface area contributed by atoms with Crippen molar-refractivity contribution >= 4 is 43.9 Å². The van der Waals surface area contributed by atoms with Crippen molar-refractivity contribution in [1.29, 1.82) is 5.26 Å². The standard InChI is InChI=1S/C23H19BrF2N4O3S2/c1-14-9-20(22(25)26)29-23(19(14)11-27)34-13-16-10-15(3-8-21(16)33-2)12-28-30-35(31,32)18-6-4-17(24)5-7-18/h3-10,12,22,30H,13H2,1-2H3. The molecule has 35 heavy (non-hydrogen) atoms. The maximum atomic E-state index is 13.2. The van der Waals surface area contributed by atoms with Crippen LogP contribution in [0.2, 0.25) is 0 Å². The molecule has 0 saturated carbocycles. The number of rotatable bonds is 9. The van der Waals surface area contributed by atoms with Crippen LogP contribution in [0.3, 0.4) is 0 Å². The van der Waals surface area contributed by atoms with Gasteiger partial charge in [-0.15, -0.1) is 11.8 Å². The molecule has 0 unspecified atom stereocenters. The second-order valence-corrected chi connectivity index (χ2v) is 10.7. The second kappa shape index (κ2) is 11.6. The van der Waals surface area contributed by atoms with Crippen molar-refractivity contribution in [1.82, 2.24) is 9.82 Å². The minimum atomic E-state index is -3.84. The number of hydrogen-bond acceptors (Lipinski definition) is 7. The van der Waals surface area contributed by atoms with Crippen LogP contribution in [0, 0.1) is 18.3 Å². The van der Waals surface area contributed by atoms with Gasteiger partial charge in [0, 0.05) is 15.8 Å². The Kier molecular flexibility index (Phi) is 8.82. The van der Waals surface area contributed by atoms with E-state index in [9.17, 15) is 22.5 Å². The molecule has 0 bridgehead atoms. The molecule has 0 aliphatic carbocycles. The van der Waals surface area contributed by atoms with E-state index in [4.69, 9.17) is 4.74 Å². The fraction of sp³-hybridized carbons (Fsp3) is 0.174. The third-order valence-corrected chi connectivity index (χ3v) is 7.51. The first-order valence-electron chi connectivity index (χ1n) is 9.94. The molecule has 0 aliphatic heterocycles. The van der Waals surface area contributed by atoms with Gasteiger partial charge in [0.25, 0.3) is 16.4 Å². The molecule has 0 spiro atoms. The van der Waals surface area contributed by atoms with Crippen LogP contribution >= 0.6 is 27.7 Å². The number of aromatic nitrogens is 1. The molecule has 3 rings (SSSR count). The summed E-state index contributed by atoms with van der Waals surface area (Å²) in [6.45, 7) is 1.59. The number of benzene rings is 2. The summed E-state index contributed by atoms with van der Waals surface area (Å²) in [5.41, 5.74) is 1.52. The average molecular weight is 581 g/mol. The number of alkyl halides is 2. The van der Waals surface area contributed by atoms with E-state index in [0.717, 1.165) is 16.2 Å². The second-order valence-electron chi connectivity index (χ2n) is 7.12. The van der Waals surface area contributed by atoms with Crippen LogP contribution in [0.15, 0.2) is 68.0 Å². The van der Waals surface area contributed by atoms with Crippen LogP contribution in [0.5, 0.6) is 5.75 Å². The molecular formula is C23H19BrF2N4O3S2. The van der Waals surface area contributed by atoms with Crippen LogP contribution in [0.4, 0.5) is 8.78 Å². The third kappa shape index (κ3) is 6.78. The van der Waals surface area contributed by atoms with Gasteiger partial charge in [-0.25, -0.2) is 18.6 Å². The minimum Gasteiger partial charge on any atom is -0.496 e. The van der Waals surface area contributed by atoms with E-state index < -0.39 is 22.1 Å². The fourth-order valence-electron chi connectivity index (χ4n) is 2.99. The Labute approximate surface area is 214 Å². The lowest BCUT2D eigenvalue weighted by molar-refractivity contribution is 0.145. The lowest BCUT2D eigenvalue weighted by Gasteiger charge is -2.12. The molecule has 2 aromatic carbocycles. The van der Waals surface area contributed by atoms with Crippen LogP contribution in [0.1, 0.15) is 34.4 Å². The lowest BCUT2D eigenvalue weighted by Crippen LogP contribution is -2.18. The zero-order valence-electron chi connectivity index (χ0n) is 18.5. The Morgan fingerprint density at radius 2 is 1.97 bits per heavy atom. The van der Waals surface area contributed by atoms with E-state index in [0.29, 0.717) is 22.4 Å². The summed E-state index contributed by atoms with van der Waals surface area (Å²) in [7, 11) is -2.35. The Balaban J connectivity index is 1.80. The molecular weight excluding hydrogens is 562 g/mol. The smallest absolute Gasteiger partial charge is 0.280 e. The van der Waals surface area contributed by atoms with E-state index in [1.54, 1.807) is 37.3 Å². The van der Waals surface area contributed by atoms with E-state index in [1.807, 2.05) is 6.07 Å². The van der Waals surface area contributed by atoms with Gasteiger partial charge >= 0.3 is 0 Å². The maximum Gasteiger partial charge on any atom is 0.280 e. The largest absolute Gasteiger partial charge is 0.496 e. The number of nitrogens with one attached hydrogen (secondary N) is 1. The highest BCUT2D eigenvalue weighted by Gasteiger charge is 2.17. The SMILES string of the molecule is COc1ccc(C=NNS(=O)(=O)c2ccc(Br)cc2)cc1CSc1nc(C(F)F)cc(C)c1C#N. The number of hydrazone groups is 1. The topological polar surface area (TPSA) is 104 Å². The molecule has 0 saturated heterocycles. The molecule has 0 aliphatic rings. The van der Waals surface area contributed by atoms with E-state index in [2.05, 4.69) is 30.8 Å². The molecule has 1 N–H and O–H groups in total. The maximum absolute atomic E-state index is 13.2. The summed E-state index contributed by atoms with van der Waals surface area (Å²) >= 11 is 4.38. The molecule has 0 fully saturated rings. The zero-order valence-corrected chi connectivity index (χ0v) is 21.7. The van der Waals surface area contributed by atoms with Gasteiger partial charge in [0.2, 0.25) is 0 Å². The van der Waals surface area contributed by atoms with E-state index in [1.165, 1.54) is 31.5 Å². The first kappa shape index (κ1) is 26.6. The quantitative estimate of drug-likeness (QED) is 0.201. The van der Waals surface area contributed by atoms with Crippen LogP contribution in [0.25, 0.3) is 0 Å². The Hall–Kier alpha value is -3.01. The highest BCUT2D eigenvalue weighted by atomic mass is 79.9. The van der Waals surface area contributed by atoms with Gasteiger partial charge in [0.1, 0.15) is 22.5 Å². The number of methoxy groups -OCH3 is 1.